The molecule has 7 heteroatoms. The van der Waals surface area contributed by atoms with E-state index >= 15 is 0 Å². The monoisotopic (exact) mass is 357 g/mol. The highest BCUT2D eigenvalue weighted by molar-refractivity contribution is 8.04. The van der Waals surface area contributed by atoms with Crippen molar-refractivity contribution in [2.75, 3.05) is 17.2 Å². The molecule has 2 atom stereocenters. The maximum absolute atomic E-state index is 12.7. The van der Waals surface area contributed by atoms with E-state index in [-0.39, 0.29) is 18.0 Å². The molecule has 1 aliphatic heterocycles. The molecule has 0 radical (unpaired) electrons. The van der Waals surface area contributed by atoms with E-state index in [0.29, 0.717) is 0 Å². The van der Waals surface area contributed by atoms with E-state index < -0.39 is 0 Å². The van der Waals surface area contributed by atoms with Crippen LogP contribution in [0.2, 0.25) is 0 Å². The number of rotatable bonds is 3. The minimum Gasteiger partial charge on any atom is -0.347 e. The van der Waals surface area contributed by atoms with E-state index in [1.54, 1.807) is 18.0 Å². The topological polar surface area (TPSA) is 87.0 Å². The van der Waals surface area contributed by atoms with Gasteiger partial charge in [-0.1, -0.05) is 0 Å². The third-order valence-corrected chi connectivity index (χ3v) is 6.02. The predicted octanol–water partition coefficient (Wildman–Crippen LogP) is 2.26. The first-order chi connectivity index (χ1) is 12.1. The van der Waals surface area contributed by atoms with Crippen LogP contribution in [0.1, 0.15) is 24.8 Å². The number of thioether (sulfide) groups is 1. The summed E-state index contributed by atoms with van der Waals surface area (Å²) >= 11 is 1.61. The SMILES string of the molecule is Cc1c[nH]c2nccc(N3C=C(C(=O)N[C@H]4CCC[C@H]4N)SCC3)c12. The van der Waals surface area contributed by atoms with Crippen molar-refractivity contribution < 1.29 is 4.79 Å². The van der Waals surface area contributed by atoms with Gasteiger partial charge in [0, 0.05) is 48.4 Å². The second kappa shape index (κ2) is 6.72. The molecule has 0 spiro atoms. The average Bonchev–Trinajstić information content (AvgIpc) is 3.21. The normalized spacial score (nSPS) is 23.8. The first kappa shape index (κ1) is 16.5. The lowest BCUT2D eigenvalue weighted by Crippen LogP contribution is -2.44. The number of anilines is 1. The number of nitrogens with zero attached hydrogens (tertiary/aromatic N) is 2. The first-order valence-corrected chi connectivity index (χ1v) is 9.72. The summed E-state index contributed by atoms with van der Waals surface area (Å²) < 4.78 is 0. The molecule has 1 saturated carbocycles. The maximum atomic E-state index is 12.7. The fourth-order valence-corrected chi connectivity index (χ4v) is 4.56. The summed E-state index contributed by atoms with van der Waals surface area (Å²) in [6, 6.07) is 2.19. The Hall–Kier alpha value is -1.99. The zero-order chi connectivity index (χ0) is 17.4. The number of amides is 1. The fourth-order valence-electron chi connectivity index (χ4n) is 3.66. The predicted molar refractivity (Wildman–Crippen MR) is 102 cm³/mol. The minimum absolute atomic E-state index is 0.00635. The lowest BCUT2D eigenvalue weighted by atomic mass is 10.2. The van der Waals surface area contributed by atoms with Crippen LogP contribution in [0, 0.1) is 6.92 Å². The number of hydrogen-bond acceptors (Lipinski definition) is 5. The summed E-state index contributed by atoms with van der Waals surface area (Å²) in [5.74, 6) is 0.872. The smallest absolute Gasteiger partial charge is 0.259 e. The molecular weight excluding hydrogens is 334 g/mol. The maximum Gasteiger partial charge on any atom is 0.259 e. The minimum atomic E-state index is -0.00635. The number of nitrogens with one attached hydrogen (secondary N) is 2. The number of aromatic amines is 1. The van der Waals surface area contributed by atoms with Crippen molar-refractivity contribution in [3.63, 3.8) is 0 Å². The molecule has 0 saturated heterocycles. The van der Waals surface area contributed by atoms with Gasteiger partial charge >= 0.3 is 0 Å². The van der Waals surface area contributed by atoms with Gasteiger partial charge in [0.2, 0.25) is 0 Å². The van der Waals surface area contributed by atoms with Gasteiger partial charge < -0.3 is 20.9 Å². The van der Waals surface area contributed by atoms with Crippen molar-refractivity contribution >= 4 is 34.4 Å². The van der Waals surface area contributed by atoms with Crippen molar-refractivity contribution in [1.29, 1.82) is 0 Å². The standard InChI is InChI=1S/C18H23N5OS/c1-11-9-21-17-16(11)14(5-6-20-17)23-7-8-25-15(10-23)18(24)22-13-4-2-3-12(13)19/h5-6,9-10,12-13H,2-4,7-8,19H2,1H3,(H,20,21)(H,22,24)/t12-,13+/m1/s1. The van der Waals surface area contributed by atoms with Crippen LogP contribution >= 0.6 is 11.8 Å². The van der Waals surface area contributed by atoms with E-state index in [0.717, 1.165) is 58.7 Å². The second-order valence-electron chi connectivity index (χ2n) is 6.74. The molecule has 2 aliphatic rings. The number of carbonyl (C=O) groups is 1. The van der Waals surface area contributed by atoms with Crippen LogP contribution in [-0.4, -0.2) is 40.3 Å². The van der Waals surface area contributed by atoms with Crippen LogP contribution in [0.4, 0.5) is 5.69 Å². The lowest BCUT2D eigenvalue weighted by molar-refractivity contribution is -0.117. The largest absolute Gasteiger partial charge is 0.347 e. The molecule has 4 rings (SSSR count). The van der Waals surface area contributed by atoms with Crippen molar-refractivity contribution in [3.8, 4) is 0 Å². The second-order valence-corrected chi connectivity index (χ2v) is 7.87. The zero-order valence-corrected chi connectivity index (χ0v) is 15.1. The molecule has 4 N–H and O–H groups in total. The highest BCUT2D eigenvalue weighted by Gasteiger charge is 2.27. The van der Waals surface area contributed by atoms with Crippen molar-refractivity contribution in [2.24, 2.45) is 5.73 Å². The number of hydrogen-bond donors (Lipinski definition) is 3. The Balaban J connectivity index is 1.59. The number of fused-ring (bicyclic) bond motifs is 1. The molecular formula is C18H23N5OS. The van der Waals surface area contributed by atoms with Crippen molar-refractivity contribution in [1.82, 2.24) is 15.3 Å². The third-order valence-electron chi connectivity index (χ3n) is 5.03. The van der Waals surface area contributed by atoms with Gasteiger partial charge in [-0.15, -0.1) is 11.8 Å². The zero-order valence-electron chi connectivity index (χ0n) is 14.3. The summed E-state index contributed by atoms with van der Waals surface area (Å²) in [4.78, 5) is 23.2. The third kappa shape index (κ3) is 3.14. The van der Waals surface area contributed by atoms with E-state index in [1.165, 1.54) is 0 Å². The van der Waals surface area contributed by atoms with Gasteiger partial charge in [-0.3, -0.25) is 4.79 Å². The Kier molecular flexibility index (Phi) is 4.43. The van der Waals surface area contributed by atoms with Crippen LogP contribution in [0.5, 0.6) is 0 Å². The Bertz CT molecular complexity index is 830. The molecule has 1 aliphatic carbocycles. The summed E-state index contributed by atoms with van der Waals surface area (Å²) in [7, 11) is 0. The molecule has 2 aromatic rings. The number of H-pyrrole nitrogens is 1. The van der Waals surface area contributed by atoms with E-state index in [1.807, 2.05) is 18.5 Å². The Labute approximate surface area is 151 Å². The van der Waals surface area contributed by atoms with Crippen LogP contribution in [0.15, 0.2) is 29.6 Å². The summed E-state index contributed by atoms with van der Waals surface area (Å²) in [5.41, 5.74) is 9.21. The fraction of sp³-hybridized carbons (Fsp3) is 0.444. The van der Waals surface area contributed by atoms with Gasteiger partial charge in [0.25, 0.3) is 5.91 Å². The Morgan fingerprint density at radius 3 is 3.16 bits per heavy atom. The molecule has 2 aromatic heterocycles. The summed E-state index contributed by atoms with van der Waals surface area (Å²) in [5, 5.41) is 4.23. The van der Waals surface area contributed by atoms with Crippen LogP contribution in [0.3, 0.4) is 0 Å². The van der Waals surface area contributed by atoms with Crippen LogP contribution in [0.25, 0.3) is 11.0 Å². The molecule has 0 aromatic carbocycles. The molecule has 3 heterocycles. The molecule has 132 valence electrons. The number of pyridine rings is 1. The molecule has 0 unspecified atom stereocenters. The summed E-state index contributed by atoms with van der Waals surface area (Å²) in [6.07, 6.45) is 8.80. The quantitative estimate of drug-likeness (QED) is 0.784. The van der Waals surface area contributed by atoms with Gasteiger partial charge in [0.15, 0.2) is 0 Å². The van der Waals surface area contributed by atoms with Crippen molar-refractivity contribution in [3.05, 3.63) is 35.1 Å². The summed E-state index contributed by atoms with van der Waals surface area (Å²) in [6.45, 7) is 2.94. The number of aromatic nitrogens is 2. The molecule has 0 bridgehead atoms. The van der Waals surface area contributed by atoms with Crippen molar-refractivity contribution in [2.45, 2.75) is 38.3 Å². The number of carbonyl (C=O) groups excluding carboxylic acids is 1. The molecule has 6 nitrogen and oxygen atoms in total. The van der Waals surface area contributed by atoms with Crippen LogP contribution < -0.4 is 16.0 Å². The first-order valence-electron chi connectivity index (χ1n) is 8.74. The van der Waals surface area contributed by atoms with Gasteiger partial charge in [-0.2, -0.15) is 0 Å². The highest BCUT2D eigenvalue weighted by Crippen LogP contribution is 2.32. The van der Waals surface area contributed by atoms with Gasteiger partial charge in [0.05, 0.1) is 10.6 Å². The molecule has 25 heavy (non-hydrogen) atoms. The highest BCUT2D eigenvalue weighted by atomic mass is 32.2. The van der Waals surface area contributed by atoms with E-state index in [2.05, 4.69) is 27.1 Å². The Morgan fingerprint density at radius 1 is 1.48 bits per heavy atom. The number of nitrogens with two attached hydrogens (primary N) is 1. The number of aryl methyl sites for hydroxylation is 1. The molecule has 1 fully saturated rings. The average molecular weight is 357 g/mol. The van der Waals surface area contributed by atoms with Crippen LogP contribution in [-0.2, 0) is 4.79 Å². The van der Waals surface area contributed by atoms with Gasteiger partial charge in [-0.05, 0) is 37.8 Å². The van der Waals surface area contributed by atoms with Gasteiger partial charge in [-0.25, -0.2) is 4.98 Å². The van der Waals surface area contributed by atoms with Gasteiger partial charge in [0.1, 0.15) is 5.65 Å². The van der Waals surface area contributed by atoms with E-state index in [4.69, 9.17) is 5.73 Å². The lowest BCUT2D eigenvalue weighted by Gasteiger charge is -2.27. The Morgan fingerprint density at radius 2 is 2.36 bits per heavy atom. The van der Waals surface area contributed by atoms with E-state index in [9.17, 15) is 4.79 Å². The molecule has 1 amide bonds.